The lowest BCUT2D eigenvalue weighted by Crippen LogP contribution is -2.44. The van der Waals surface area contributed by atoms with E-state index in [-0.39, 0.29) is 25.6 Å². The lowest BCUT2D eigenvalue weighted by molar-refractivity contribution is -0.125. The first-order chi connectivity index (χ1) is 13.4. The first-order valence-corrected chi connectivity index (χ1v) is 9.85. The van der Waals surface area contributed by atoms with Gasteiger partial charge in [0.2, 0.25) is 0 Å². The molecule has 0 saturated carbocycles. The van der Waals surface area contributed by atoms with Gasteiger partial charge in [0.05, 0.1) is 28.5 Å². The highest BCUT2D eigenvalue weighted by molar-refractivity contribution is 7.17. The zero-order valence-electron chi connectivity index (χ0n) is 15.0. The molecule has 150 valence electrons. The zero-order valence-corrected chi connectivity index (χ0v) is 16.6. The van der Waals surface area contributed by atoms with E-state index in [1.807, 2.05) is 24.3 Å². The lowest BCUT2D eigenvalue weighted by Gasteiger charge is -2.27. The Balaban J connectivity index is 1.48. The molecule has 28 heavy (non-hydrogen) atoms. The molecular weight excluding hydrogens is 404 g/mol. The van der Waals surface area contributed by atoms with E-state index < -0.39 is 12.0 Å². The Labute approximate surface area is 171 Å². The van der Waals surface area contributed by atoms with Crippen molar-refractivity contribution in [1.29, 1.82) is 0 Å². The number of carbonyl (C=O) groups is 2. The van der Waals surface area contributed by atoms with Crippen molar-refractivity contribution in [3.8, 4) is 0 Å². The summed E-state index contributed by atoms with van der Waals surface area (Å²) in [6, 6.07) is 10.5. The molecule has 1 aliphatic heterocycles. The standard InChI is InChI=1S/C18H21ClN4O4S/c19-16-6-5-15(28-16)18(26)23(20)10-14(24)9-21-12-1-3-13(4-2-12)22-7-8-27-11-17(22)25/h1-6,14,21,24H,7-11,20H2. The first kappa shape index (κ1) is 20.6. The maximum absolute atomic E-state index is 12.2. The minimum Gasteiger partial charge on any atom is -0.389 e. The minimum absolute atomic E-state index is 0.0261. The summed E-state index contributed by atoms with van der Waals surface area (Å²) in [6.07, 6.45) is -0.857. The number of nitrogens with two attached hydrogens (primary N) is 1. The van der Waals surface area contributed by atoms with Crippen LogP contribution in [-0.4, -0.2) is 60.9 Å². The molecule has 0 aliphatic carbocycles. The van der Waals surface area contributed by atoms with E-state index in [9.17, 15) is 14.7 Å². The summed E-state index contributed by atoms with van der Waals surface area (Å²) < 4.78 is 5.63. The second kappa shape index (κ2) is 9.35. The highest BCUT2D eigenvalue weighted by atomic mass is 35.5. The normalized spacial score (nSPS) is 15.4. The van der Waals surface area contributed by atoms with Crippen molar-refractivity contribution in [3.05, 3.63) is 45.6 Å². The fraction of sp³-hybridized carbons (Fsp3) is 0.333. The molecule has 1 aromatic heterocycles. The summed E-state index contributed by atoms with van der Waals surface area (Å²) in [7, 11) is 0. The molecule has 0 spiro atoms. The third-order valence-corrected chi connectivity index (χ3v) is 5.38. The number of hydrazine groups is 1. The fourth-order valence-electron chi connectivity index (χ4n) is 2.73. The summed E-state index contributed by atoms with van der Waals surface area (Å²) in [5, 5.41) is 14.2. The topological polar surface area (TPSA) is 108 Å². The molecular formula is C18H21ClN4O4S. The van der Waals surface area contributed by atoms with Crippen LogP contribution in [0.15, 0.2) is 36.4 Å². The van der Waals surface area contributed by atoms with Gasteiger partial charge in [0, 0.05) is 24.5 Å². The Hall–Kier alpha value is -2.17. The summed E-state index contributed by atoms with van der Waals surface area (Å²) in [5.74, 6) is 5.30. The van der Waals surface area contributed by atoms with Gasteiger partial charge >= 0.3 is 0 Å². The van der Waals surface area contributed by atoms with E-state index in [1.165, 1.54) is 0 Å². The predicted octanol–water partition coefficient (Wildman–Crippen LogP) is 1.55. The molecule has 0 radical (unpaired) electrons. The maximum atomic E-state index is 12.2. The van der Waals surface area contributed by atoms with E-state index in [0.29, 0.717) is 22.4 Å². The van der Waals surface area contributed by atoms with Crippen LogP contribution in [0, 0.1) is 0 Å². The largest absolute Gasteiger partial charge is 0.389 e. The van der Waals surface area contributed by atoms with Crippen LogP contribution in [0.1, 0.15) is 9.67 Å². The molecule has 2 aromatic rings. The Bertz CT molecular complexity index is 829. The number of nitrogens with zero attached hydrogens (tertiary/aromatic N) is 2. The Morgan fingerprint density at radius 2 is 2.11 bits per heavy atom. The van der Waals surface area contributed by atoms with E-state index in [4.69, 9.17) is 22.2 Å². The van der Waals surface area contributed by atoms with Crippen LogP contribution in [0.25, 0.3) is 0 Å². The molecule has 8 nitrogen and oxygen atoms in total. The quantitative estimate of drug-likeness (QED) is 0.353. The number of rotatable bonds is 7. The number of amides is 2. The number of hydrogen-bond donors (Lipinski definition) is 3. The van der Waals surface area contributed by atoms with Gasteiger partial charge in [-0.15, -0.1) is 11.3 Å². The van der Waals surface area contributed by atoms with Gasteiger partial charge in [-0.3, -0.25) is 14.6 Å². The van der Waals surface area contributed by atoms with Crippen LogP contribution >= 0.6 is 22.9 Å². The van der Waals surface area contributed by atoms with Crippen LogP contribution < -0.4 is 16.1 Å². The summed E-state index contributed by atoms with van der Waals surface area (Å²) >= 11 is 6.96. The zero-order chi connectivity index (χ0) is 20.1. The molecule has 3 rings (SSSR count). The molecule has 1 unspecified atom stereocenters. The van der Waals surface area contributed by atoms with Gasteiger partial charge in [-0.1, -0.05) is 11.6 Å². The molecule has 1 saturated heterocycles. The average molecular weight is 425 g/mol. The number of aliphatic hydroxyl groups is 1. The van der Waals surface area contributed by atoms with Gasteiger partial charge in [0.25, 0.3) is 11.8 Å². The van der Waals surface area contributed by atoms with Gasteiger partial charge < -0.3 is 20.1 Å². The monoisotopic (exact) mass is 424 g/mol. The Morgan fingerprint density at radius 1 is 1.36 bits per heavy atom. The van der Waals surface area contributed by atoms with Crippen LogP contribution in [-0.2, 0) is 9.53 Å². The van der Waals surface area contributed by atoms with Gasteiger partial charge in [-0.05, 0) is 36.4 Å². The highest BCUT2D eigenvalue weighted by Gasteiger charge is 2.20. The van der Waals surface area contributed by atoms with E-state index in [0.717, 1.165) is 27.7 Å². The van der Waals surface area contributed by atoms with Crippen molar-refractivity contribution in [2.24, 2.45) is 5.84 Å². The SMILES string of the molecule is NN(CC(O)CNc1ccc(N2CCOCC2=O)cc1)C(=O)c1ccc(Cl)s1. The number of anilines is 2. The van der Waals surface area contributed by atoms with Crippen LogP contribution in [0.2, 0.25) is 4.34 Å². The smallest absolute Gasteiger partial charge is 0.277 e. The van der Waals surface area contributed by atoms with E-state index >= 15 is 0 Å². The van der Waals surface area contributed by atoms with Gasteiger partial charge in [0.15, 0.2) is 0 Å². The number of ether oxygens (including phenoxy) is 1. The third kappa shape index (κ3) is 5.21. The van der Waals surface area contributed by atoms with Gasteiger partial charge in [0.1, 0.15) is 6.61 Å². The van der Waals surface area contributed by atoms with Crippen molar-refractivity contribution >= 4 is 46.1 Å². The average Bonchev–Trinajstić information content (AvgIpc) is 3.13. The summed E-state index contributed by atoms with van der Waals surface area (Å²) in [4.78, 5) is 26.1. The van der Waals surface area contributed by atoms with Crippen LogP contribution in [0.3, 0.4) is 0 Å². The lowest BCUT2D eigenvalue weighted by atomic mass is 10.2. The van der Waals surface area contributed by atoms with Crippen molar-refractivity contribution < 1.29 is 19.4 Å². The van der Waals surface area contributed by atoms with Crippen LogP contribution in [0.5, 0.6) is 0 Å². The molecule has 2 amide bonds. The number of morpholine rings is 1. The molecule has 1 aliphatic rings. The molecule has 10 heteroatoms. The molecule has 1 aromatic carbocycles. The highest BCUT2D eigenvalue weighted by Crippen LogP contribution is 2.22. The number of aliphatic hydroxyl groups excluding tert-OH is 1. The number of thiophene rings is 1. The number of halogens is 1. The van der Waals surface area contributed by atoms with Crippen molar-refractivity contribution in [2.75, 3.05) is 43.1 Å². The number of hydrogen-bond acceptors (Lipinski definition) is 7. The van der Waals surface area contributed by atoms with Crippen molar-refractivity contribution in [1.82, 2.24) is 5.01 Å². The van der Waals surface area contributed by atoms with Gasteiger partial charge in [-0.25, -0.2) is 5.84 Å². The molecule has 2 heterocycles. The summed E-state index contributed by atoms with van der Waals surface area (Å²) in [5.41, 5.74) is 1.58. The fourth-order valence-corrected chi connectivity index (χ4v) is 3.73. The Kier molecular flexibility index (Phi) is 6.87. The van der Waals surface area contributed by atoms with Gasteiger partial charge in [-0.2, -0.15) is 0 Å². The predicted molar refractivity (Wildman–Crippen MR) is 109 cm³/mol. The Morgan fingerprint density at radius 3 is 2.75 bits per heavy atom. The molecule has 4 N–H and O–H groups in total. The van der Waals surface area contributed by atoms with Crippen LogP contribution in [0.4, 0.5) is 11.4 Å². The molecule has 1 fully saturated rings. The van der Waals surface area contributed by atoms with Crippen molar-refractivity contribution in [3.63, 3.8) is 0 Å². The number of nitrogens with one attached hydrogen (secondary N) is 1. The minimum atomic E-state index is -0.857. The maximum Gasteiger partial charge on any atom is 0.277 e. The van der Waals surface area contributed by atoms with E-state index in [1.54, 1.807) is 17.0 Å². The van der Waals surface area contributed by atoms with Crippen molar-refractivity contribution in [2.45, 2.75) is 6.10 Å². The molecule has 0 bridgehead atoms. The number of benzene rings is 1. The number of carbonyl (C=O) groups excluding carboxylic acids is 2. The summed E-state index contributed by atoms with van der Waals surface area (Å²) in [6.45, 7) is 1.33. The third-order valence-electron chi connectivity index (χ3n) is 4.16. The van der Waals surface area contributed by atoms with E-state index in [2.05, 4.69) is 5.32 Å². The second-order valence-corrected chi connectivity index (χ2v) is 7.96. The first-order valence-electron chi connectivity index (χ1n) is 8.66. The second-order valence-electron chi connectivity index (χ2n) is 6.24. The molecule has 1 atom stereocenters.